The van der Waals surface area contributed by atoms with Crippen molar-refractivity contribution in [2.75, 3.05) is 13.1 Å². The van der Waals surface area contributed by atoms with Gasteiger partial charge in [0.1, 0.15) is 0 Å². The van der Waals surface area contributed by atoms with Crippen LogP contribution < -0.4 is 5.32 Å². The minimum Gasteiger partial charge on any atom is -0.365 e. The van der Waals surface area contributed by atoms with Crippen molar-refractivity contribution in [1.29, 1.82) is 0 Å². The summed E-state index contributed by atoms with van der Waals surface area (Å²) < 4.78 is 35.5. The van der Waals surface area contributed by atoms with Crippen LogP contribution in [-0.4, -0.2) is 29.7 Å². The minimum atomic E-state index is -4.02. The molecule has 16 heavy (non-hydrogen) atoms. The Balaban J connectivity index is 2.00. The Bertz CT molecular complexity index is 241. The summed E-state index contributed by atoms with van der Waals surface area (Å²) in [6.07, 6.45) is -2.91. The van der Waals surface area contributed by atoms with Crippen LogP contribution in [0.1, 0.15) is 32.6 Å². The zero-order chi connectivity index (χ0) is 12.0. The molecule has 0 fully saturated rings. The summed E-state index contributed by atoms with van der Waals surface area (Å²) in [5.74, 6) is 0. The second kappa shape index (κ2) is 6.37. The maximum Gasteiger partial charge on any atom is 0.389 e. The zero-order valence-electron chi connectivity index (χ0n) is 9.31. The van der Waals surface area contributed by atoms with E-state index in [1.165, 1.54) is 0 Å². The van der Waals surface area contributed by atoms with Crippen molar-refractivity contribution in [2.24, 2.45) is 4.99 Å². The van der Waals surface area contributed by atoms with Gasteiger partial charge >= 0.3 is 6.18 Å². The number of rotatable bonds is 5. The van der Waals surface area contributed by atoms with E-state index >= 15 is 0 Å². The van der Waals surface area contributed by atoms with Gasteiger partial charge in [-0.25, -0.2) is 0 Å². The molecular formula is C10H17F3N2S. The average Bonchev–Trinajstić information content (AvgIpc) is 2.63. The number of amidine groups is 1. The second-order valence-electron chi connectivity index (χ2n) is 3.79. The lowest BCUT2D eigenvalue weighted by Gasteiger charge is -2.08. The molecule has 1 aliphatic heterocycles. The van der Waals surface area contributed by atoms with Crippen molar-refractivity contribution in [3.05, 3.63) is 0 Å². The summed E-state index contributed by atoms with van der Waals surface area (Å²) in [7, 11) is 0. The molecule has 1 rings (SSSR count). The molecule has 2 nitrogen and oxygen atoms in total. The lowest BCUT2D eigenvalue weighted by molar-refractivity contribution is -0.135. The first-order valence-electron chi connectivity index (χ1n) is 5.53. The van der Waals surface area contributed by atoms with Crippen molar-refractivity contribution < 1.29 is 13.2 Å². The molecule has 0 saturated heterocycles. The van der Waals surface area contributed by atoms with Crippen LogP contribution in [0.3, 0.4) is 0 Å². The maximum absolute atomic E-state index is 11.8. The van der Waals surface area contributed by atoms with E-state index in [9.17, 15) is 13.2 Å². The zero-order valence-corrected chi connectivity index (χ0v) is 10.1. The maximum atomic E-state index is 11.8. The Hall–Kier alpha value is -0.390. The van der Waals surface area contributed by atoms with Gasteiger partial charge in [-0.2, -0.15) is 13.2 Å². The van der Waals surface area contributed by atoms with E-state index in [1.54, 1.807) is 11.8 Å². The Morgan fingerprint density at radius 3 is 2.75 bits per heavy atom. The summed E-state index contributed by atoms with van der Waals surface area (Å²) in [4.78, 5) is 4.28. The molecule has 0 radical (unpaired) electrons. The van der Waals surface area contributed by atoms with Crippen LogP contribution in [0.4, 0.5) is 13.2 Å². The summed E-state index contributed by atoms with van der Waals surface area (Å²) in [5, 5.41) is 4.51. The lowest BCUT2D eigenvalue weighted by atomic mass is 10.2. The fourth-order valence-electron chi connectivity index (χ4n) is 1.37. The number of alkyl halides is 3. The predicted octanol–water partition coefficient (Wildman–Crippen LogP) is 3.19. The molecule has 0 bridgehead atoms. The molecule has 1 N–H and O–H groups in total. The smallest absolute Gasteiger partial charge is 0.365 e. The SMILES string of the molecule is CCC1CN=C(NCCCCC(F)(F)F)S1. The molecular weight excluding hydrogens is 237 g/mol. The molecule has 0 amide bonds. The van der Waals surface area contributed by atoms with Crippen LogP contribution in [0.15, 0.2) is 4.99 Å². The second-order valence-corrected chi connectivity index (χ2v) is 5.08. The molecule has 0 spiro atoms. The predicted molar refractivity (Wildman–Crippen MR) is 61.9 cm³/mol. The Labute approximate surface area is 98.1 Å². The van der Waals surface area contributed by atoms with Crippen LogP contribution in [-0.2, 0) is 0 Å². The largest absolute Gasteiger partial charge is 0.389 e. The molecule has 0 aromatic heterocycles. The third kappa shape index (κ3) is 5.63. The molecule has 0 aromatic carbocycles. The van der Waals surface area contributed by atoms with Crippen molar-refractivity contribution in [3.63, 3.8) is 0 Å². The molecule has 0 aromatic rings. The van der Waals surface area contributed by atoms with Gasteiger partial charge in [0.2, 0.25) is 0 Å². The lowest BCUT2D eigenvalue weighted by Crippen LogP contribution is -2.21. The highest BCUT2D eigenvalue weighted by molar-refractivity contribution is 8.14. The van der Waals surface area contributed by atoms with Crippen LogP contribution in [0.2, 0.25) is 0 Å². The molecule has 1 atom stereocenters. The van der Waals surface area contributed by atoms with Crippen molar-refractivity contribution >= 4 is 16.9 Å². The third-order valence-corrected chi connectivity index (χ3v) is 3.65. The normalized spacial score (nSPS) is 21.0. The Morgan fingerprint density at radius 2 is 2.19 bits per heavy atom. The number of aliphatic imine (C=N–C) groups is 1. The molecule has 1 unspecified atom stereocenters. The molecule has 0 aliphatic carbocycles. The molecule has 94 valence electrons. The molecule has 1 aliphatic rings. The van der Waals surface area contributed by atoms with Gasteiger partial charge in [-0.15, -0.1) is 0 Å². The highest BCUT2D eigenvalue weighted by Crippen LogP contribution is 2.23. The van der Waals surface area contributed by atoms with E-state index in [0.29, 0.717) is 18.2 Å². The van der Waals surface area contributed by atoms with Crippen LogP contribution in [0, 0.1) is 0 Å². The number of hydrogen-bond donors (Lipinski definition) is 1. The fourth-order valence-corrected chi connectivity index (χ4v) is 2.34. The molecule has 0 saturated carbocycles. The minimum absolute atomic E-state index is 0.186. The van der Waals surface area contributed by atoms with Gasteiger partial charge in [-0.1, -0.05) is 18.7 Å². The fraction of sp³-hybridized carbons (Fsp3) is 0.900. The van der Waals surface area contributed by atoms with E-state index in [1.807, 2.05) is 0 Å². The highest BCUT2D eigenvalue weighted by Gasteiger charge is 2.25. The first-order chi connectivity index (χ1) is 7.51. The van der Waals surface area contributed by atoms with Gasteiger partial charge < -0.3 is 5.32 Å². The summed E-state index contributed by atoms with van der Waals surface area (Å²) >= 11 is 1.69. The topological polar surface area (TPSA) is 24.4 Å². The summed E-state index contributed by atoms with van der Waals surface area (Å²) in [6.45, 7) is 3.52. The summed E-state index contributed by atoms with van der Waals surface area (Å²) in [5.41, 5.74) is 0. The number of nitrogens with zero attached hydrogens (tertiary/aromatic N) is 1. The van der Waals surface area contributed by atoms with Gasteiger partial charge in [0.15, 0.2) is 5.17 Å². The van der Waals surface area contributed by atoms with E-state index in [0.717, 1.165) is 18.1 Å². The Kier molecular flexibility index (Phi) is 5.44. The average molecular weight is 254 g/mol. The Morgan fingerprint density at radius 1 is 1.44 bits per heavy atom. The van der Waals surface area contributed by atoms with E-state index in [-0.39, 0.29) is 6.42 Å². The number of nitrogens with one attached hydrogen (secondary N) is 1. The molecule has 1 heterocycles. The number of halogens is 3. The van der Waals surface area contributed by atoms with Crippen molar-refractivity contribution in [1.82, 2.24) is 5.32 Å². The van der Waals surface area contributed by atoms with Crippen molar-refractivity contribution in [3.8, 4) is 0 Å². The number of hydrogen-bond acceptors (Lipinski definition) is 3. The van der Waals surface area contributed by atoms with Gasteiger partial charge in [-0.3, -0.25) is 4.99 Å². The molecule has 6 heteroatoms. The van der Waals surface area contributed by atoms with Crippen LogP contribution in [0.25, 0.3) is 0 Å². The van der Waals surface area contributed by atoms with Gasteiger partial charge in [-0.05, 0) is 19.3 Å². The quantitative estimate of drug-likeness (QED) is 0.762. The third-order valence-electron chi connectivity index (χ3n) is 2.34. The summed E-state index contributed by atoms with van der Waals surface area (Å²) in [6, 6.07) is 0. The highest BCUT2D eigenvalue weighted by atomic mass is 32.2. The van der Waals surface area contributed by atoms with Gasteiger partial charge in [0.05, 0.1) is 6.54 Å². The monoisotopic (exact) mass is 254 g/mol. The standard InChI is InChI=1S/C10H17F3N2S/c1-2-8-7-15-9(16-8)14-6-4-3-5-10(11,12)13/h8H,2-7H2,1H3,(H,14,15). The number of unbranched alkanes of at least 4 members (excludes halogenated alkanes) is 1. The van der Waals surface area contributed by atoms with E-state index in [2.05, 4.69) is 17.2 Å². The van der Waals surface area contributed by atoms with Crippen LogP contribution >= 0.6 is 11.8 Å². The van der Waals surface area contributed by atoms with Gasteiger partial charge in [0.25, 0.3) is 0 Å². The van der Waals surface area contributed by atoms with E-state index < -0.39 is 12.6 Å². The number of thioether (sulfide) groups is 1. The van der Waals surface area contributed by atoms with E-state index in [4.69, 9.17) is 0 Å². The van der Waals surface area contributed by atoms with Gasteiger partial charge in [0, 0.05) is 18.2 Å². The van der Waals surface area contributed by atoms with Crippen molar-refractivity contribution in [2.45, 2.75) is 44.0 Å². The first kappa shape index (κ1) is 13.7. The van der Waals surface area contributed by atoms with Crippen LogP contribution in [0.5, 0.6) is 0 Å². The first-order valence-corrected chi connectivity index (χ1v) is 6.41.